The van der Waals surface area contributed by atoms with Crippen molar-refractivity contribution in [2.75, 3.05) is 0 Å². The van der Waals surface area contributed by atoms with Gasteiger partial charge in [-0.25, -0.2) is 13.0 Å². The van der Waals surface area contributed by atoms with Crippen LogP contribution in [0.2, 0.25) is 0 Å². The Morgan fingerprint density at radius 1 is 1.40 bits per heavy atom. The van der Waals surface area contributed by atoms with E-state index < -0.39 is 27.5 Å². The molecule has 0 fully saturated rings. The van der Waals surface area contributed by atoms with E-state index in [0.29, 0.717) is 0 Å². The number of rotatable bonds is 3. The molecule has 1 unspecified atom stereocenters. The van der Waals surface area contributed by atoms with Crippen LogP contribution in [-0.2, 0) is 10.8 Å². The number of hydrogen-bond donors (Lipinski definition) is 0. The highest BCUT2D eigenvalue weighted by molar-refractivity contribution is 7.86. The Morgan fingerprint density at radius 2 is 2.00 bits per heavy atom. The Balaban J connectivity index is 3.11. The van der Waals surface area contributed by atoms with Crippen molar-refractivity contribution in [2.24, 2.45) is 0 Å². The molecule has 1 aromatic rings. The average Bonchev–Trinajstić information content (AvgIpc) is 2.17. The fraction of sp³-hybridized carbons (Fsp3) is 0.286. The summed E-state index contributed by atoms with van der Waals surface area (Å²) in [5, 5.41) is 5.25. The van der Waals surface area contributed by atoms with Gasteiger partial charge in [-0.3, -0.25) is 0 Å². The third kappa shape index (κ3) is 2.25. The number of alkyl halides is 4. The SMILES string of the molecule is O=S(c1cccc[n+]1[O-])C(F)(F)C(F)F. The van der Waals surface area contributed by atoms with Gasteiger partial charge in [0.25, 0.3) is 5.03 Å². The van der Waals surface area contributed by atoms with Crippen molar-refractivity contribution in [1.82, 2.24) is 0 Å². The molecular weight excluding hydrogens is 238 g/mol. The van der Waals surface area contributed by atoms with E-state index in [1.54, 1.807) is 0 Å². The maximum absolute atomic E-state index is 12.6. The number of aromatic nitrogens is 1. The molecule has 3 nitrogen and oxygen atoms in total. The van der Waals surface area contributed by atoms with Crippen LogP contribution in [0.15, 0.2) is 29.4 Å². The number of halogens is 4. The van der Waals surface area contributed by atoms with Gasteiger partial charge in [0, 0.05) is 12.1 Å². The summed E-state index contributed by atoms with van der Waals surface area (Å²) in [5.74, 6) is 0. The van der Waals surface area contributed by atoms with Gasteiger partial charge < -0.3 is 5.21 Å². The third-order valence-electron chi connectivity index (χ3n) is 1.48. The Kier molecular flexibility index (Phi) is 3.28. The molecule has 0 aliphatic heterocycles. The molecule has 1 aromatic heterocycles. The minimum Gasteiger partial charge on any atom is -0.618 e. The first-order valence-electron chi connectivity index (χ1n) is 3.63. The minimum absolute atomic E-state index is 0.133. The molecule has 0 saturated carbocycles. The van der Waals surface area contributed by atoms with Gasteiger partial charge in [-0.1, -0.05) is 0 Å². The maximum Gasteiger partial charge on any atom is 0.390 e. The first-order chi connectivity index (χ1) is 6.87. The van der Waals surface area contributed by atoms with E-state index in [0.717, 1.165) is 18.3 Å². The zero-order chi connectivity index (χ0) is 11.6. The molecule has 0 aromatic carbocycles. The molecule has 0 amide bonds. The number of pyridine rings is 1. The quantitative estimate of drug-likeness (QED) is 0.456. The van der Waals surface area contributed by atoms with Gasteiger partial charge >= 0.3 is 11.7 Å². The molecule has 0 spiro atoms. The van der Waals surface area contributed by atoms with Crippen LogP contribution in [0.4, 0.5) is 17.6 Å². The first kappa shape index (κ1) is 11.9. The highest BCUT2D eigenvalue weighted by atomic mass is 32.2. The van der Waals surface area contributed by atoms with Gasteiger partial charge in [0.05, 0.1) is 0 Å². The zero-order valence-corrected chi connectivity index (χ0v) is 7.89. The lowest BCUT2D eigenvalue weighted by Gasteiger charge is -2.13. The minimum atomic E-state index is -4.73. The van der Waals surface area contributed by atoms with Crippen molar-refractivity contribution >= 4 is 10.8 Å². The second kappa shape index (κ2) is 4.13. The summed E-state index contributed by atoms with van der Waals surface area (Å²) < 4.78 is 59.7. The first-order valence-corrected chi connectivity index (χ1v) is 4.78. The van der Waals surface area contributed by atoms with Gasteiger partial charge in [-0.05, 0) is 6.07 Å². The van der Waals surface area contributed by atoms with Crippen LogP contribution in [0, 0.1) is 5.21 Å². The predicted octanol–water partition coefficient (Wildman–Crippen LogP) is 1.29. The molecule has 0 radical (unpaired) electrons. The largest absolute Gasteiger partial charge is 0.618 e. The van der Waals surface area contributed by atoms with E-state index in [-0.39, 0.29) is 4.73 Å². The van der Waals surface area contributed by atoms with E-state index in [2.05, 4.69) is 0 Å². The molecule has 84 valence electrons. The standard InChI is InChI=1S/C7H5F4NO2S/c8-6(9)7(10,11)15(14)5-3-1-2-4-12(5)13/h1-4,6H. The highest BCUT2D eigenvalue weighted by Crippen LogP contribution is 2.29. The second-order valence-electron chi connectivity index (χ2n) is 2.50. The smallest absolute Gasteiger partial charge is 0.390 e. The Labute approximate surface area is 84.4 Å². The highest BCUT2D eigenvalue weighted by Gasteiger charge is 2.51. The summed E-state index contributed by atoms with van der Waals surface area (Å²) in [6, 6.07) is 3.16. The Bertz CT molecular complexity index is 385. The van der Waals surface area contributed by atoms with Crippen molar-refractivity contribution in [1.29, 1.82) is 0 Å². The molecule has 0 aliphatic rings. The molecule has 0 N–H and O–H groups in total. The zero-order valence-electron chi connectivity index (χ0n) is 7.07. The molecule has 0 aliphatic carbocycles. The van der Waals surface area contributed by atoms with Crippen LogP contribution >= 0.6 is 0 Å². The van der Waals surface area contributed by atoms with E-state index in [1.165, 1.54) is 6.07 Å². The third-order valence-corrected chi connectivity index (χ3v) is 2.85. The lowest BCUT2D eigenvalue weighted by atomic mass is 10.5. The van der Waals surface area contributed by atoms with Crippen molar-refractivity contribution in [3.63, 3.8) is 0 Å². The number of nitrogens with zero attached hydrogens (tertiary/aromatic N) is 1. The van der Waals surface area contributed by atoms with Gasteiger partial charge in [0.15, 0.2) is 17.0 Å². The molecule has 1 atom stereocenters. The van der Waals surface area contributed by atoms with E-state index in [1.807, 2.05) is 0 Å². The van der Waals surface area contributed by atoms with Crippen LogP contribution in [-0.4, -0.2) is 15.9 Å². The number of hydrogen-bond acceptors (Lipinski definition) is 2. The normalized spacial score (nSPS) is 14.2. The van der Waals surface area contributed by atoms with Crippen LogP contribution in [0.1, 0.15) is 0 Å². The predicted molar refractivity (Wildman–Crippen MR) is 42.8 cm³/mol. The molecule has 1 heterocycles. The monoisotopic (exact) mass is 243 g/mol. The lowest BCUT2D eigenvalue weighted by molar-refractivity contribution is -0.646. The van der Waals surface area contributed by atoms with Gasteiger partial charge in [-0.2, -0.15) is 13.5 Å². The molecular formula is C7H5F4NO2S. The summed E-state index contributed by atoms with van der Waals surface area (Å²) in [7, 11) is -3.37. The summed E-state index contributed by atoms with van der Waals surface area (Å²) >= 11 is 0. The van der Waals surface area contributed by atoms with E-state index in [9.17, 15) is 27.0 Å². The molecule has 0 saturated heterocycles. The van der Waals surface area contributed by atoms with Crippen LogP contribution in [0.25, 0.3) is 0 Å². The van der Waals surface area contributed by atoms with Gasteiger partial charge in [0.1, 0.15) is 0 Å². The average molecular weight is 243 g/mol. The fourth-order valence-electron chi connectivity index (χ4n) is 0.777. The molecule has 0 bridgehead atoms. The molecule has 1 rings (SSSR count). The van der Waals surface area contributed by atoms with Gasteiger partial charge in [-0.15, -0.1) is 0 Å². The van der Waals surface area contributed by atoms with E-state index in [4.69, 9.17) is 0 Å². The van der Waals surface area contributed by atoms with Crippen molar-refractivity contribution in [2.45, 2.75) is 16.7 Å². The topological polar surface area (TPSA) is 44.0 Å². The van der Waals surface area contributed by atoms with E-state index >= 15 is 0 Å². The summed E-state index contributed by atoms with van der Waals surface area (Å²) in [6.07, 6.45) is -3.28. The second-order valence-corrected chi connectivity index (χ2v) is 4.00. The summed E-state index contributed by atoms with van der Waals surface area (Å²) in [4.78, 5) is 0. The molecule has 8 heteroatoms. The van der Waals surface area contributed by atoms with Crippen molar-refractivity contribution < 1.29 is 26.5 Å². The van der Waals surface area contributed by atoms with Crippen LogP contribution in [0.5, 0.6) is 0 Å². The summed E-state index contributed by atoms with van der Waals surface area (Å²) in [5.41, 5.74) is 0. The fourth-order valence-corrected chi connectivity index (χ4v) is 1.64. The van der Waals surface area contributed by atoms with Crippen molar-refractivity contribution in [3.05, 3.63) is 29.6 Å². The lowest BCUT2D eigenvalue weighted by Crippen LogP contribution is -2.40. The Morgan fingerprint density at radius 3 is 2.47 bits per heavy atom. The molecule has 15 heavy (non-hydrogen) atoms. The Hall–Kier alpha value is -1.18. The van der Waals surface area contributed by atoms with Crippen LogP contribution in [0.3, 0.4) is 0 Å². The summed E-state index contributed by atoms with van der Waals surface area (Å²) in [6.45, 7) is 0. The van der Waals surface area contributed by atoms with Crippen molar-refractivity contribution in [3.8, 4) is 0 Å². The maximum atomic E-state index is 12.6. The van der Waals surface area contributed by atoms with Crippen LogP contribution < -0.4 is 4.73 Å². The van der Waals surface area contributed by atoms with Gasteiger partial charge in [0.2, 0.25) is 0 Å².